The molecule has 0 aromatic heterocycles. The molecule has 2 N–H and O–H groups in total. The molecule has 4 aliphatic rings. The molecule has 4 heterocycles. The van der Waals surface area contributed by atoms with Gasteiger partial charge in [0.2, 0.25) is 12.6 Å². The molecule has 4 aliphatic heterocycles. The van der Waals surface area contributed by atoms with Crippen molar-refractivity contribution < 1.29 is 38.0 Å². The third kappa shape index (κ3) is 10.5. The number of nitrogens with one attached hydrogen (secondary N) is 2. The Hall–Kier alpha value is -1.30. The summed E-state index contributed by atoms with van der Waals surface area (Å²) in [5.41, 5.74) is -0.592. The third-order valence-electron chi connectivity index (χ3n) is 15.1. The van der Waals surface area contributed by atoms with Gasteiger partial charge < -0.3 is 39.1 Å². The zero-order chi connectivity index (χ0) is 40.9. The lowest BCUT2D eigenvalue weighted by molar-refractivity contribution is -0.394. The maximum Gasteiger partial charge on any atom is 0.308 e. The molecule has 0 aliphatic carbocycles. The summed E-state index contributed by atoms with van der Waals surface area (Å²) in [4.78, 5) is 26.5. The number of esters is 2. The Labute approximate surface area is 335 Å². The van der Waals surface area contributed by atoms with Crippen LogP contribution in [0.25, 0.3) is 0 Å². The molecule has 4 fully saturated rings. The number of unbranched alkanes of at least 4 members (excludes halogenated alkanes) is 3. The maximum absolute atomic E-state index is 13.3. The Morgan fingerprint density at radius 1 is 0.655 bits per heavy atom. The van der Waals surface area contributed by atoms with E-state index in [9.17, 15) is 9.59 Å². The third-order valence-corrected chi connectivity index (χ3v) is 15.1. The van der Waals surface area contributed by atoms with E-state index in [1.165, 1.54) is 0 Å². The van der Waals surface area contributed by atoms with E-state index < -0.39 is 24.2 Å². The van der Waals surface area contributed by atoms with Gasteiger partial charge in [0.25, 0.3) is 0 Å². The second-order valence-electron chi connectivity index (χ2n) is 19.2. The molecule has 55 heavy (non-hydrogen) atoms. The Morgan fingerprint density at radius 3 is 1.51 bits per heavy atom. The van der Waals surface area contributed by atoms with E-state index in [0.29, 0.717) is 38.9 Å². The van der Waals surface area contributed by atoms with Gasteiger partial charge in [0.05, 0.1) is 13.2 Å². The Balaban J connectivity index is 1.21. The molecule has 4 rings (SSSR count). The van der Waals surface area contributed by atoms with E-state index in [-0.39, 0.29) is 63.7 Å². The lowest BCUT2D eigenvalue weighted by Gasteiger charge is -2.60. The van der Waals surface area contributed by atoms with Crippen LogP contribution in [0, 0.1) is 29.6 Å². The summed E-state index contributed by atoms with van der Waals surface area (Å²) in [7, 11) is 0. The highest BCUT2D eigenvalue weighted by molar-refractivity contribution is 5.70. The molecule has 0 bridgehead atoms. The van der Waals surface area contributed by atoms with E-state index in [1.54, 1.807) is 0 Å². The summed E-state index contributed by atoms with van der Waals surface area (Å²) in [6.45, 7) is 29.6. The molecular formula is C45H82N2O8. The minimum absolute atomic E-state index is 0.00765. The molecule has 4 saturated heterocycles. The van der Waals surface area contributed by atoms with Crippen molar-refractivity contribution in [1.82, 2.24) is 10.6 Å². The van der Waals surface area contributed by atoms with Crippen LogP contribution in [0.3, 0.4) is 0 Å². The molecule has 0 amide bonds. The van der Waals surface area contributed by atoms with Gasteiger partial charge in [-0.2, -0.15) is 0 Å². The van der Waals surface area contributed by atoms with Gasteiger partial charge in [-0.05, 0) is 78.6 Å². The Kier molecular flexibility index (Phi) is 15.8. The fraction of sp³-hybridized carbons (Fsp3) is 0.956. The predicted octanol–water partition coefficient (Wildman–Crippen LogP) is 9.56. The van der Waals surface area contributed by atoms with Crippen LogP contribution < -0.4 is 10.6 Å². The molecular weight excluding hydrogens is 697 g/mol. The molecule has 10 heteroatoms. The average Bonchev–Trinajstić information content (AvgIpc) is 3.14. The zero-order valence-electron chi connectivity index (χ0n) is 37.3. The summed E-state index contributed by atoms with van der Waals surface area (Å²) < 4.78 is 39.0. The first-order chi connectivity index (χ1) is 25.8. The Bertz CT molecular complexity index is 1270. The predicted molar refractivity (Wildman–Crippen MR) is 217 cm³/mol. The number of carbonyl (C=O) groups is 2. The second-order valence-corrected chi connectivity index (χ2v) is 19.2. The topological polar surface area (TPSA) is 114 Å². The van der Waals surface area contributed by atoms with Crippen LogP contribution in [-0.4, -0.2) is 71.5 Å². The molecule has 2 spiro atoms. The van der Waals surface area contributed by atoms with Gasteiger partial charge in [-0.3, -0.25) is 9.59 Å². The standard InChI is InChI=1S/C45H82N2O8/c1-14-34-27-50-44(29-40(10,16-3)46-42(12,18-5)32(44)8)54-38(34)52-36(48)25-23-21-20-22-24-31(7)26-37(49)53-39-35(15-2)28-51-45(55-39)30-41(11,17-4)47-43(13,19-6)33(45)9/h31-35,38-39,46-47H,14-30H2,1-13H3. The van der Waals surface area contributed by atoms with E-state index in [1.807, 2.05) is 0 Å². The monoisotopic (exact) mass is 779 g/mol. The van der Waals surface area contributed by atoms with Gasteiger partial charge in [-0.15, -0.1) is 0 Å². The average molecular weight is 779 g/mol. The molecule has 0 saturated carbocycles. The molecule has 0 aromatic rings. The van der Waals surface area contributed by atoms with Gasteiger partial charge >= 0.3 is 11.9 Å². The van der Waals surface area contributed by atoms with E-state index in [2.05, 4.69) is 101 Å². The van der Waals surface area contributed by atoms with Crippen LogP contribution in [0.15, 0.2) is 0 Å². The summed E-state index contributed by atoms with van der Waals surface area (Å²) in [6, 6.07) is 0. The number of hydrogen-bond donors (Lipinski definition) is 2. The first kappa shape index (κ1) is 46.4. The van der Waals surface area contributed by atoms with E-state index in [0.717, 1.165) is 70.6 Å². The van der Waals surface area contributed by atoms with Crippen molar-refractivity contribution in [3.63, 3.8) is 0 Å². The van der Waals surface area contributed by atoms with Crippen LogP contribution in [0.4, 0.5) is 0 Å². The van der Waals surface area contributed by atoms with Crippen LogP contribution in [-0.2, 0) is 38.0 Å². The van der Waals surface area contributed by atoms with Crippen LogP contribution in [0.2, 0.25) is 0 Å². The highest BCUT2D eigenvalue weighted by atomic mass is 16.8. The first-order valence-electron chi connectivity index (χ1n) is 22.4. The van der Waals surface area contributed by atoms with Crippen molar-refractivity contribution in [2.24, 2.45) is 29.6 Å². The fourth-order valence-electron chi connectivity index (χ4n) is 9.94. The molecule has 320 valence electrons. The van der Waals surface area contributed by atoms with Crippen LogP contribution >= 0.6 is 0 Å². The lowest BCUT2D eigenvalue weighted by atomic mass is 9.67. The van der Waals surface area contributed by atoms with Crippen molar-refractivity contribution in [2.45, 2.75) is 233 Å². The molecule has 13 atom stereocenters. The number of piperidine rings is 2. The maximum atomic E-state index is 13.3. The number of hydrogen-bond acceptors (Lipinski definition) is 10. The SMILES string of the molecule is CCC1COC2(CC(C)(CC)NC(C)(CC)C2C)OC1OC(=O)CCCCCCC(C)CC(=O)OC1OC2(CC(C)(CC)NC(C)(CC)C2C)OCC1CC. The summed E-state index contributed by atoms with van der Waals surface area (Å²) in [5, 5.41) is 7.82. The quantitative estimate of drug-likeness (QED) is 0.109. The summed E-state index contributed by atoms with van der Waals surface area (Å²) in [5.74, 6) is -1.61. The van der Waals surface area contributed by atoms with Crippen molar-refractivity contribution in [2.75, 3.05) is 13.2 Å². The van der Waals surface area contributed by atoms with Crippen molar-refractivity contribution in [3.05, 3.63) is 0 Å². The number of ether oxygens (including phenoxy) is 6. The van der Waals surface area contributed by atoms with Crippen molar-refractivity contribution in [3.8, 4) is 0 Å². The second kappa shape index (κ2) is 18.7. The van der Waals surface area contributed by atoms with Gasteiger partial charge in [-0.1, -0.05) is 88.0 Å². The summed E-state index contributed by atoms with van der Waals surface area (Å²) >= 11 is 0. The highest BCUT2D eigenvalue weighted by Crippen LogP contribution is 2.51. The number of carbonyl (C=O) groups excluding carboxylic acids is 2. The van der Waals surface area contributed by atoms with Crippen LogP contribution in [0.1, 0.15) is 186 Å². The minimum atomic E-state index is -0.799. The van der Waals surface area contributed by atoms with Crippen molar-refractivity contribution in [1.29, 1.82) is 0 Å². The van der Waals surface area contributed by atoms with E-state index >= 15 is 0 Å². The smallest absolute Gasteiger partial charge is 0.308 e. The summed E-state index contributed by atoms with van der Waals surface area (Å²) in [6.07, 6.45) is 11.0. The van der Waals surface area contributed by atoms with Gasteiger partial charge in [0.1, 0.15) is 0 Å². The molecule has 10 nitrogen and oxygen atoms in total. The first-order valence-corrected chi connectivity index (χ1v) is 22.4. The highest BCUT2D eigenvalue weighted by Gasteiger charge is 2.61. The van der Waals surface area contributed by atoms with Gasteiger partial charge in [0.15, 0.2) is 11.6 Å². The van der Waals surface area contributed by atoms with Crippen LogP contribution in [0.5, 0.6) is 0 Å². The lowest BCUT2D eigenvalue weighted by Crippen LogP contribution is -2.73. The molecule has 0 radical (unpaired) electrons. The van der Waals surface area contributed by atoms with E-state index in [4.69, 9.17) is 28.4 Å². The molecule has 13 unspecified atom stereocenters. The Morgan fingerprint density at radius 2 is 1.09 bits per heavy atom. The van der Waals surface area contributed by atoms with Crippen molar-refractivity contribution >= 4 is 11.9 Å². The van der Waals surface area contributed by atoms with Gasteiger partial charge in [-0.25, -0.2) is 0 Å². The number of rotatable bonds is 17. The zero-order valence-corrected chi connectivity index (χ0v) is 37.3. The molecule has 0 aromatic carbocycles. The largest absolute Gasteiger partial charge is 0.435 e. The normalized spacial score (nSPS) is 42.6. The van der Waals surface area contributed by atoms with Gasteiger partial charge in [0, 0.05) is 71.5 Å². The minimum Gasteiger partial charge on any atom is -0.435 e. The fourth-order valence-corrected chi connectivity index (χ4v) is 9.94.